The van der Waals surface area contributed by atoms with Crippen LogP contribution in [0.1, 0.15) is 58.0 Å². The molecule has 129 valence electrons. The third kappa shape index (κ3) is 5.99. The molecule has 0 heterocycles. The highest BCUT2D eigenvalue weighted by Crippen LogP contribution is 2.34. The van der Waals surface area contributed by atoms with Crippen molar-refractivity contribution in [3.8, 4) is 5.75 Å². The Kier molecular flexibility index (Phi) is 7.29. The molecule has 0 fully saturated rings. The van der Waals surface area contributed by atoms with Crippen molar-refractivity contribution in [2.75, 3.05) is 7.11 Å². The van der Waals surface area contributed by atoms with Crippen molar-refractivity contribution in [3.63, 3.8) is 0 Å². The first-order valence-electron chi connectivity index (χ1n) is 8.03. The van der Waals surface area contributed by atoms with E-state index in [1.54, 1.807) is 7.11 Å². The monoisotopic (exact) mass is 337 g/mol. The molecule has 1 unspecified atom stereocenters. The average molecular weight is 338 g/mol. The van der Waals surface area contributed by atoms with E-state index in [4.69, 9.17) is 13.9 Å². The van der Waals surface area contributed by atoms with Crippen LogP contribution < -0.4 is 4.74 Å². The molecule has 23 heavy (non-hydrogen) atoms. The standard InChI is InChI=1S/C18H29O4Si/c1-8-9-16(19)21-17(22-23(6)7)13-10-11-14(18(2,3)4)15(12-13)20-5/h10-12,17H,8-9H2,1-7H3. The lowest BCUT2D eigenvalue weighted by Crippen LogP contribution is -2.20. The molecule has 1 rings (SSSR count). The Hall–Kier alpha value is -1.33. The van der Waals surface area contributed by atoms with Gasteiger partial charge in [0.25, 0.3) is 0 Å². The lowest BCUT2D eigenvalue weighted by molar-refractivity contribution is -0.165. The van der Waals surface area contributed by atoms with Gasteiger partial charge in [-0.05, 0) is 36.6 Å². The van der Waals surface area contributed by atoms with E-state index in [1.807, 2.05) is 38.2 Å². The van der Waals surface area contributed by atoms with Gasteiger partial charge in [-0.1, -0.05) is 39.8 Å². The molecule has 0 N–H and O–H groups in total. The fourth-order valence-electron chi connectivity index (χ4n) is 2.23. The first kappa shape index (κ1) is 19.7. The minimum absolute atomic E-state index is 0.0242. The quantitative estimate of drug-likeness (QED) is 0.414. The third-order valence-corrected chi connectivity index (χ3v) is 4.03. The van der Waals surface area contributed by atoms with Gasteiger partial charge in [-0.25, -0.2) is 0 Å². The number of esters is 1. The molecule has 1 radical (unpaired) electrons. The Morgan fingerprint density at radius 2 is 1.91 bits per heavy atom. The van der Waals surface area contributed by atoms with Crippen LogP contribution in [0, 0.1) is 0 Å². The summed E-state index contributed by atoms with van der Waals surface area (Å²) in [4.78, 5) is 11.9. The first-order valence-corrected chi connectivity index (χ1v) is 10.4. The van der Waals surface area contributed by atoms with Gasteiger partial charge in [0.15, 0.2) is 0 Å². The topological polar surface area (TPSA) is 44.8 Å². The summed E-state index contributed by atoms with van der Waals surface area (Å²) in [5, 5.41) is 0. The zero-order valence-corrected chi connectivity index (χ0v) is 16.4. The van der Waals surface area contributed by atoms with Crippen LogP contribution in [0.3, 0.4) is 0 Å². The van der Waals surface area contributed by atoms with Gasteiger partial charge in [0.2, 0.25) is 15.3 Å². The molecular formula is C18H29O4Si. The van der Waals surface area contributed by atoms with Crippen molar-refractivity contribution in [3.05, 3.63) is 29.3 Å². The molecule has 0 aliphatic rings. The summed E-state index contributed by atoms with van der Waals surface area (Å²) in [6, 6.07) is 5.89. The molecule has 0 bridgehead atoms. The molecule has 0 amide bonds. The SMILES string of the molecule is CCCC(=O)OC(O[Si](C)C)c1ccc(C(C)(C)C)c(OC)c1. The van der Waals surface area contributed by atoms with Crippen molar-refractivity contribution in [2.45, 2.75) is 65.3 Å². The number of benzene rings is 1. The van der Waals surface area contributed by atoms with Gasteiger partial charge in [-0.2, -0.15) is 0 Å². The molecule has 5 heteroatoms. The van der Waals surface area contributed by atoms with Crippen molar-refractivity contribution >= 4 is 15.0 Å². The van der Waals surface area contributed by atoms with Gasteiger partial charge < -0.3 is 13.9 Å². The summed E-state index contributed by atoms with van der Waals surface area (Å²) in [7, 11) is 0.639. The van der Waals surface area contributed by atoms with Gasteiger partial charge >= 0.3 is 5.97 Å². The van der Waals surface area contributed by atoms with Crippen molar-refractivity contribution in [1.29, 1.82) is 0 Å². The summed E-state index contributed by atoms with van der Waals surface area (Å²) >= 11 is 0. The smallest absolute Gasteiger partial charge is 0.308 e. The third-order valence-electron chi connectivity index (χ3n) is 3.34. The molecule has 0 spiro atoms. The summed E-state index contributed by atoms with van der Waals surface area (Å²) in [5.41, 5.74) is 1.90. The fourth-order valence-corrected chi connectivity index (χ4v) is 2.84. The summed E-state index contributed by atoms with van der Waals surface area (Å²) in [6.45, 7) is 12.4. The van der Waals surface area contributed by atoms with Crippen LogP contribution in [-0.2, 0) is 19.4 Å². The van der Waals surface area contributed by atoms with E-state index >= 15 is 0 Å². The normalized spacial score (nSPS) is 13.0. The largest absolute Gasteiger partial charge is 0.496 e. The number of methoxy groups -OCH3 is 1. The molecule has 1 atom stereocenters. The second kappa shape index (κ2) is 8.50. The molecule has 4 nitrogen and oxygen atoms in total. The van der Waals surface area contributed by atoms with Crippen molar-refractivity contribution < 1.29 is 18.7 Å². The summed E-state index contributed by atoms with van der Waals surface area (Å²) in [5.74, 6) is 0.552. The van der Waals surface area contributed by atoms with Gasteiger partial charge in [0.05, 0.1) is 7.11 Å². The highest BCUT2D eigenvalue weighted by molar-refractivity contribution is 6.48. The van der Waals surface area contributed by atoms with Crippen LogP contribution in [0.4, 0.5) is 0 Å². The second-order valence-electron chi connectivity index (χ2n) is 6.81. The molecule has 0 saturated carbocycles. The lowest BCUT2D eigenvalue weighted by Gasteiger charge is -2.25. The molecular weight excluding hydrogens is 308 g/mol. The van der Waals surface area contributed by atoms with Gasteiger partial charge in [-0.3, -0.25) is 4.79 Å². The Labute approximate surface area is 141 Å². The number of hydrogen-bond acceptors (Lipinski definition) is 4. The van der Waals surface area contributed by atoms with Gasteiger partial charge in [-0.15, -0.1) is 0 Å². The molecule has 0 aliphatic carbocycles. The highest BCUT2D eigenvalue weighted by Gasteiger charge is 2.23. The van der Waals surface area contributed by atoms with Crippen LogP contribution in [0.5, 0.6) is 5.75 Å². The van der Waals surface area contributed by atoms with E-state index in [0.29, 0.717) is 6.42 Å². The van der Waals surface area contributed by atoms with E-state index in [-0.39, 0.29) is 11.4 Å². The first-order chi connectivity index (χ1) is 10.7. The Balaban J connectivity index is 3.13. The van der Waals surface area contributed by atoms with Gasteiger partial charge in [0.1, 0.15) is 5.75 Å². The average Bonchev–Trinajstić information content (AvgIpc) is 2.44. The maximum Gasteiger partial charge on any atom is 0.308 e. The van der Waals surface area contributed by atoms with E-state index in [2.05, 4.69) is 20.8 Å². The molecule has 1 aromatic carbocycles. The molecule has 0 saturated heterocycles. The van der Waals surface area contributed by atoms with Crippen LogP contribution in [0.25, 0.3) is 0 Å². The zero-order chi connectivity index (χ0) is 17.6. The number of carbonyl (C=O) groups is 1. The maximum atomic E-state index is 11.9. The maximum absolute atomic E-state index is 11.9. The zero-order valence-electron chi connectivity index (χ0n) is 15.4. The van der Waals surface area contributed by atoms with Crippen molar-refractivity contribution in [1.82, 2.24) is 0 Å². The van der Waals surface area contributed by atoms with Crippen LogP contribution >= 0.6 is 0 Å². The van der Waals surface area contributed by atoms with E-state index in [9.17, 15) is 4.79 Å². The summed E-state index contributed by atoms with van der Waals surface area (Å²) in [6.07, 6.45) is 0.487. The summed E-state index contributed by atoms with van der Waals surface area (Å²) < 4.78 is 16.9. The second-order valence-corrected chi connectivity index (χ2v) is 8.86. The highest BCUT2D eigenvalue weighted by atomic mass is 28.3. The van der Waals surface area contributed by atoms with Crippen LogP contribution in [0.2, 0.25) is 13.1 Å². The van der Waals surface area contributed by atoms with Crippen LogP contribution in [-0.4, -0.2) is 22.1 Å². The van der Waals surface area contributed by atoms with E-state index in [0.717, 1.165) is 23.3 Å². The van der Waals surface area contributed by atoms with E-state index in [1.165, 1.54) is 0 Å². The van der Waals surface area contributed by atoms with Gasteiger partial charge in [0, 0.05) is 12.0 Å². The predicted octanol–water partition coefficient (Wildman–Crippen LogP) is 4.60. The lowest BCUT2D eigenvalue weighted by atomic mass is 9.86. The van der Waals surface area contributed by atoms with Crippen molar-refractivity contribution in [2.24, 2.45) is 0 Å². The molecule has 1 aromatic rings. The molecule has 0 aromatic heterocycles. The Morgan fingerprint density at radius 1 is 1.26 bits per heavy atom. The molecule has 0 aliphatic heterocycles. The van der Waals surface area contributed by atoms with E-state index < -0.39 is 15.3 Å². The minimum Gasteiger partial charge on any atom is -0.496 e. The number of hydrogen-bond donors (Lipinski definition) is 0. The number of ether oxygens (including phenoxy) is 2. The minimum atomic E-state index is -1.02. The van der Waals surface area contributed by atoms with Crippen LogP contribution in [0.15, 0.2) is 18.2 Å². The Bertz CT molecular complexity index is 520. The number of carbonyl (C=O) groups excluding carboxylic acids is 1. The fraction of sp³-hybridized carbons (Fsp3) is 0.611. The Morgan fingerprint density at radius 3 is 2.39 bits per heavy atom. The number of rotatable bonds is 7. The predicted molar refractivity (Wildman–Crippen MR) is 94.0 cm³/mol.